The van der Waals surface area contributed by atoms with E-state index in [4.69, 9.17) is 13.9 Å². The summed E-state index contributed by atoms with van der Waals surface area (Å²) in [7, 11) is 3.25. The molecule has 0 fully saturated rings. The lowest BCUT2D eigenvalue weighted by Gasteiger charge is -2.11. The van der Waals surface area contributed by atoms with Crippen LogP contribution in [0.2, 0.25) is 0 Å². The summed E-state index contributed by atoms with van der Waals surface area (Å²) in [6, 6.07) is 19.0. The average Bonchev–Trinajstić information content (AvgIpc) is 3.22. The number of furan rings is 1. The molecule has 0 radical (unpaired) electrons. The second-order valence-corrected chi connectivity index (χ2v) is 8.14. The summed E-state index contributed by atoms with van der Waals surface area (Å²) in [5.74, 6) is 1.17. The number of carbonyl (C=O) groups is 1. The maximum atomic E-state index is 12.6. The van der Waals surface area contributed by atoms with Crippen LogP contribution < -0.4 is 14.8 Å². The largest absolute Gasteiger partial charge is 0.496 e. The number of ether oxygens (including phenoxy) is 2. The van der Waals surface area contributed by atoms with E-state index < -0.39 is 0 Å². The number of rotatable bonds is 6. The Balaban J connectivity index is 1.73. The Kier molecular flexibility index (Phi) is 6.32. The molecule has 0 unspecified atom stereocenters. The summed E-state index contributed by atoms with van der Waals surface area (Å²) in [5.41, 5.74) is 4.83. The molecular formula is C26H22BrNO4. The Morgan fingerprint density at radius 3 is 2.41 bits per heavy atom. The van der Waals surface area contributed by atoms with Crippen molar-refractivity contribution in [3.63, 3.8) is 0 Å². The van der Waals surface area contributed by atoms with Gasteiger partial charge in [-0.15, -0.1) is 0 Å². The Morgan fingerprint density at radius 1 is 0.969 bits per heavy atom. The van der Waals surface area contributed by atoms with Crippen LogP contribution in [0.25, 0.3) is 27.7 Å². The molecule has 1 N–H and O–H groups in total. The molecule has 0 saturated heterocycles. The molecule has 32 heavy (non-hydrogen) atoms. The quantitative estimate of drug-likeness (QED) is 0.297. The number of benzene rings is 3. The predicted octanol–water partition coefficient (Wildman–Crippen LogP) is 6.92. The SMILES string of the molecule is COc1cc2occ(-c3ccccc3OC)c2cc1/C(C)=C/C(=O)Nc1ccc(Br)cc1. The van der Waals surface area contributed by atoms with Gasteiger partial charge in [0.05, 0.1) is 20.5 Å². The molecule has 0 saturated carbocycles. The first-order chi connectivity index (χ1) is 15.5. The molecule has 4 rings (SSSR count). The van der Waals surface area contributed by atoms with Gasteiger partial charge in [0.2, 0.25) is 5.91 Å². The molecular weight excluding hydrogens is 470 g/mol. The number of hydrogen-bond donors (Lipinski definition) is 1. The fraction of sp³-hybridized carbons (Fsp3) is 0.115. The lowest BCUT2D eigenvalue weighted by molar-refractivity contribution is -0.111. The fourth-order valence-electron chi connectivity index (χ4n) is 3.59. The minimum Gasteiger partial charge on any atom is -0.496 e. The highest BCUT2D eigenvalue weighted by molar-refractivity contribution is 9.10. The molecule has 1 aromatic heterocycles. The van der Waals surface area contributed by atoms with Crippen molar-refractivity contribution in [1.29, 1.82) is 0 Å². The van der Waals surface area contributed by atoms with Crippen LogP contribution in [0, 0.1) is 0 Å². The van der Waals surface area contributed by atoms with Crippen molar-refractivity contribution in [2.75, 3.05) is 19.5 Å². The van der Waals surface area contributed by atoms with Crippen LogP contribution in [0.1, 0.15) is 12.5 Å². The van der Waals surface area contributed by atoms with Crippen LogP contribution in [-0.4, -0.2) is 20.1 Å². The van der Waals surface area contributed by atoms with Gasteiger partial charge in [-0.05, 0) is 48.9 Å². The molecule has 1 heterocycles. The standard InChI is InChI=1S/C26H22BrNO4/c1-16(12-26(29)28-18-10-8-17(27)9-11-18)20-13-21-22(15-32-25(21)14-24(20)31-3)19-6-4-5-7-23(19)30-2/h4-15H,1-3H3,(H,28,29)/b16-12+. The van der Waals surface area contributed by atoms with E-state index in [0.29, 0.717) is 11.3 Å². The predicted molar refractivity (Wildman–Crippen MR) is 131 cm³/mol. The zero-order valence-electron chi connectivity index (χ0n) is 17.9. The van der Waals surface area contributed by atoms with Crippen molar-refractivity contribution in [2.24, 2.45) is 0 Å². The van der Waals surface area contributed by atoms with Crippen LogP contribution in [0.15, 0.2) is 81.9 Å². The van der Waals surface area contributed by atoms with Crippen molar-refractivity contribution in [3.05, 3.63) is 83.0 Å². The zero-order valence-corrected chi connectivity index (χ0v) is 19.5. The van der Waals surface area contributed by atoms with Gasteiger partial charge >= 0.3 is 0 Å². The molecule has 1 amide bonds. The van der Waals surface area contributed by atoms with Crippen LogP contribution in [-0.2, 0) is 4.79 Å². The van der Waals surface area contributed by atoms with E-state index in [9.17, 15) is 4.79 Å². The van der Waals surface area contributed by atoms with E-state index in [-0.39, 0.29) is 5.91 Å². The van der Waals surface area contributed by atoms with Gasteiger partial charge in [0.25, 0.3) is 0 Å². The smallest absolute Gasteiger partial charge is 0.248 e. The summed E-state index contributed by atoms with van der Waals surface area (Å²) in [6.45, 7) is 1.88. The first kappa shape index (κ1) is 21.7. The first-order valence-corrected chi connectivity index (χ1v) is 10.8. The molecule has 5 nitrogen and oxygen atoms in total. The third-order valence-corrected chi connectivity index (χ3v) is 5.71. The Morgan fingerprint density at radius 2 is 1.69 bits per heavy atom. The van der Waals surface area contributed by atoms with Gasteiger partial charge in [-0.2, -0.15) is 0 Å². The van der Waals surface area contributed by atoms with E-state index in [1.165, 1.54) is 0 Å². The second kappa shape index (κ2) is 9.32. The van der Waals surface area contributed by atoms with Gasteiger partial charge < -0.3 is 19.2 Å². The number of methoxy groups -OCH3 is 2. The van der Waals surface area contributed by atoms with E-state index in [2.05, 4.69) is 21.2 Å². The summed E-state index contributed by atoms with van der Waals surface area (Å²) >= 11 is 3.39. The molecule has 0 spiro atoms. The van der Waals surface area contributed by atoms with Gasteiger partial charge in [-0.1, -0.05) is 34.1 Å². The van der Waals surface area contributed by atoms with E-state index in [1.807, 2.05) is 67.6 Å². The molecule has 0 atom stereocenters. The van der Waals surface area contributed by atoms with Gasteiger partial charge in [-0.3, -0.25) is 4.79 Å². The van der Waals surface area contributed by atoms with Crippen LogP contribution >= 0.6 is 15.9 Å². The highest BCUT2D eigenvalue weighted by Gasteiger charge is 2.17. The fourth-order valence-corrected chi connectivity index (χ4v) is 3.86. The molecule has 0 bridgehead atoms. The van der Waals surface area contributed by atoms with Crippen molar-refractivity contribution < 1.29 is 18.7 Å². The lowest BCUT2D eigenvalue weighted by Crippen LogP contribution is -2.08. The van der Waals surface area contributed by atoms with Gasteiger partial charge in [0, 0.05) is 44.4 Å². The Hall–Kier alpha value is -3.51. The van der Waals surface area contributed by atoms with Crippen LogP contribution in [0.4, 0.5) is 5.69 Å². The maximum absolute atomic E-state index is 12.6. The van der Waals surface area contributed by atoms with Crippen molar-refractivity contribution >= 4 is 44.1 Å². The minimum atomic E-state index is -0.218. The summed E-state index contributed by atoms with van der Waals surface area (Å²) < 4.78 is 17.9. The van der Waals surface area contributed by atoms with Crippen molar-refractivity contribution in [1.82, 2.24) is 0 Å². The number of anilines is 1. The van der Waals surface area contributed by atoms with E-state index in [1.54, 1.807) is 26.6 Å². The third kappa shape index (κ3) is 4.41. The molecule has 4 aromatic rings. The molecule has 0 aliphatic rings. The van der Waals surface area contributed by atoms with Crippen molar-refractivity contribution in [3.8, 4) is 22.6 Å². The number of fused-ring (bicyclic) bond motifs is 1. The molecule has 0 aliphatic heterocycles. The molecule has 0 aliphatic carbocycles. The zero-order chi connectivity index (χ0) is 22.7. The topological polar surface area (TPSA) is 60.7 Å². The number of amides is 1. The van der Waals surface area contributed by atoms with Gasteiger partial charge in [0.15, 0.2) is 0 Å². The Bertz CT molecular complexity index is 1310. The van der Waals surface area contributed by atoms with Crippen LogP contribution in [0.5, 0.6) is 11.5 Å². The molecule has 162 valence electrons. The number of nitrogens with one attached hydrogen (secondary N) is 1. The highest BCUT2D eigenvalue weighted by atomic mass is 79.9. The van der Waals surface area contributed by atoms with Crippen molar-refractivity contribution in [2.45, 2.75) is 6.92 Å². The average molecular weight is 492 g/mol. The van der Waals surface area contributed by atoms with Gasteiger partial charge in [0.1, 0.15) is 17.1 Å². The summed E-state index contributed by atoms with van der Waals surface area (Å²) in [4.78, 5) is 12.6. The van der Waals surface area contributed by atoms with Gasteiger partial charge in [-0.25, -0.2) is 0 Å². The third-order valence-electron chi connectivity index (χ3n) is 5.18. The second-order valence-electron chi connectivity index (χ2n) is 7.22. The number of allylic oxidation sites excluding steroid dienone is 1. The van der Waals surface area contributed by atoms with Crippen LogP contribution in [0.3, 0.4) is 0 Å². The van der Waals surface area contributed by atoms with E-state index in [0.717, 1.165) is 43.6 Å². The summed E-state index contributed by atoms with van der Waals surface area (Å²) in [6.07, 6.45) is 3.28. The molecule has 3 aromatic carbocycles. The number of halogens is 1. The first-order valence-electron chi connectivity index (χ1n) is 9.98. The Labute approximate surface area is 194 Å². The number of para-hydroxylation sites is 1. The lowest BCUT2D eigenvalue weighted by atomic mass is 9.98. The minimum absolute atomic E-state index is 0.218. The number of carbonyl (C=O) groups excluding carboxylic acids is 1. The summed E-state index contributed by atoms with van der Waals surface area (Å²) in [5, 5.41) is 3.79. The highest BCUT2D eigenvalue weighted by Crippen LogP contribution is 2.40. The number of hydrogen-bond acceptors (Lipinski definition) is 4. The monoisotopic (exact) mass is 491 g/mol. The van der Waals surface area contributed by atoms with E-state index >= 15 is 0 Å². The molecule has 6 heteroatoms. The maximum Gasteiger partial charge on any atom is 0.248 e. The normalized spacial score (nSPS) is 11.4.